The van der Waals surface area contributed by atoms with E-state index in [0.717, 1.165) is 50.2 Å². The third-order valence-electron chi connectivity index (χ3n) is 4.00. The smallest absolute Gasteiger partial charge is 0.150 e. The number of nitrogens with zero attached hydrogens (tertiary/aromatic N) is 2. The molecule has 106 valence electrons. The second-order valence-corrected chi connectivity index (χ2v) is 5.29. The molecule has 2 aromatic rings. The van der Waals surface area contributed by atoms with Gasteiger partial charge in [-0.25, -0.2) is 0 Å². The first-order chi connectivity index (χ1) is 9.80. The van der Waals surface area contributed by atoms with E-state index in [-0.39, 0.29) is 6.10 Å². The van der Waals surface area contributed by atoms with Gasteiger partial charge >= 0.3 is 0 Å². The molecule has 20 heavy (non-hydrogen) atoms. The van der Waals surface area contributed by atoms with Gasteiger partial charge < -0.3 is 9.30 Å². The zero-order chi connectivity index (χ0) is 13.9. The largest absolute Gasteiger partial charge is 0.374 e. The average Bonchev–Trinajstić information content (AvgIpc) is 2.89. The first kappa shape index (κ1) is 13.3. The van der Waals surface area contributed by atoms with E-state index in [1.165, 1.54) is 5.39 Å². The molecule has 0 radical (unpaired) electrons. The van der Waals surface area contributed by atoms with Crippen molar-refractivity contribution in [2.75, 3.05) is 26.2 Å². The molecule has 1 atom stereocenters. The van der Waals surface area contributed by atoms with Crippen LogP contribution in [0.2, 0.25) is 0 Å². The van der Waals surface area contributed by atoms with Crippen LogP contribution in [0.5, 0.6) is 0 Å². The summed E-state index contributed by atoms with van der Waals surface area (Å²) in [6, 6.07) is 7.89. The standard InChI is InChI=1S/C16H20N2O2/c1-2-17-7-8-20-15(10-17)11-18-6-5-14-4-3-13(12-19)9-16(14)18/h3-6,9,12,15H,2,7-8,10-11H2,1H3. The number of ether oxygens (including phenoxy) is 1. The second-order valence-electron chi connectivity index (χ2n) is 5.29. The van der Waals surface area contributed by atoms with Crippen LogP contribution in [0, 0.1) is 0 Å². The Kier molecular flexibility index (Phi) is 3.85. The number of likely N-dealkylation sites (N-methyl/N-ethyl adjacent to an activating group) is 1. The van der Waals surface area contributed by atoms with Crippen LogP contribution < -0.4 is 0 Å². The molecule has 0 bridgehead atoms. The monoisotopic (exact) mass is 272 g/mol. The maximum atomic E-state index is 10.9. The van der Waals surface area contributed by atoms with Crippen molar-refractivity contribution in [3.05, 3.63) is 36.0 Å². The van der Waals surface area contributed by atoms with Crippen LogP contribution in [0.25, 0.3) is 10.9 Å². The number of carbonyl (C=O) groups excluding carboxylic acids is 1. The van der Waals surface area contributed by atoms with Gasteiger partial charge in [-0.15, -0.1) is 0 Å². The molecule has 1 aromatic carbocycles. The van der Waals surface area contributed by atoms with E-state index >= 15 is 0 Å². The third kappa shape index (κ3) is 2.62. The van der Waals surface area contributed by atoms with E-state index in [4.69, 9.17) is 4.74 Å². The predicted molar refractivity (Wildman–Crippen MR) is 79.2 cm³/mol. The number of fused-ring (bicyclic) bond motifs is 1. The minimum atomic E-state index is 0.221. The van der Waals surface area contributed by atoms with Crippen LogP contribution in [0.15, 0.2) is 30.5 Å². The Bertz CT molecular complexity index is 606. The van der Waals surface area contributed by atoms with Gasteiger partial charge in [-0.2, -0.15) is 0 Å². The van der Waals surface area contributed by atoms with Crippen LogP contribution in [0.1, 0.15) is 17.3 Å². The lowest BCUT2D eigenvalue weighted by Crippen LogP contribution is -2.43. The van der Waals surface area contributed by atoms with Gasteiger partial charge in [-0.3, -0.25) is 9.69 Å². The molecule has 1 saturated heterocycles. The maximum absolute atomic E-state index is 10.9. The molecule has 1 fully saturated rings. The first-order valence-corrected chi connectivity index (χ1v) is 7.18. The van der Waals surface area contributed by atoms with Crippen LogP contribution in [0.4, 0.5) is 0 Å². The number of aromatic nitrogens is 1. The molecule has 1 aliphatic heterocycles. The van der Waals surface area contributed by atoms with Crippen molar-refractivity contribution in [2.24, 2.45) is 0 Å². The molecule has 4 nitrogen and oxygen atoms in total. The number of benzene rings is 1. The summed E-state index contributed by atoms with van der Waals surface area (Å²) in [7, 11) is 0. The molecule has 0 saturated carbocycles. The van der Waals surface area contributed by atoms with Gasteiger partial charge in [0.25, 0.3) is 0 Å². The highest BCUT2D eigenvalue weighted by molar-refractivity contribution is 5.87. The summed E-state index contributed by atoms with van der Waals surface area (Å²) in [5.74, 6) is 0. The van der Waals surface area contributed by atoms with Crippen molar-refractivity contribution in [1.82, 2.24) is 9.47 Å². The predicted octanol–water partition coefficient (Wildman–Crippen LogP) is 2.17. The molecular formula is C16H20N2O2. The molecule has 4 heteroatoms. The van der Waals surface area contributed by atoms with Gasteiger partial charge in [0.15, 0.2) is 0 Å². The minimum Gasteiger partial charge on any atom is -0.374 e. The normalized spacial score (nSPS) is 20.4. The Morgan fingerprint density at radius 1 is 1.40 bits per heavy atom. The van der Waals surface area contributed by atoms with E-state index in [1.807, 2.05) is 18.2 Å². The Morgan fingerprint density at radius 3 is 3.10 bits per heavy atom. The first-order valence-electron chi connectivity index (χ1n) is 7.18. The lowest BCUT2D eigenvalue weighted by molar-refractivity contribution is -0.0337. The fourth-order valence-corrected chi connectivity index (χ4v) is 2.83. The number of aldehydes is 1. The zero-order valence-electron chi connectivity index (χ0n) is 11.8. The highest BCUT2D eigenvalue weighted by atomic mass is 16.5. The zero-order valence-corrected chi connectivity index (χ0v) is 11.8. The van der Waals surface area contributed by atoms with E-state index in [0.29, 0.717) is 0 Å². The Balaban J connectivity index is 1.81. The van der Waals surface area contributed by atoms with Gasteiger partial charge in [-0.1, -0.05) is 19.1 Å². The van der Waals surface area contributed by atoms with Crippen molar-refractivity contribution in [2.45, 2.75) is 19.6 Å². The SMILES string of the molecule is CCN1CCOC(Cn2ccc3ccc(C=O)cc32)C1. The molecule has 2 heterocycles. The van der Waals surface area contributed by atoms with E-state index in [9.17, 15) is 4.79 Å². The maximum Gasteiger partial charge on any atom is 0.150 e. The Hall–Kier alpha value is -1.65. The van der Waals surface area contributed by atoms with Crippen LogP contribution in [0.3, 0.4) is 0 Å². The molecular weight excluding hydrogens is 252 g/mol. The molecule has 1 aromatic heterocycles. The van der Waals surface area contributed by atoms with E-state index in [2.05, 4.69) is 28.7 Å². The molecule has 1 aliphatic rings. The van der Waals surface area contributed by atoms with Crippen molar-refractivity contribution in [1.29, 1.82) is 0 Å². The summed E-state index contributed by atoms with van der Waals surface area (Å²) in [6.07, 6.45) is 3.19. The molecule has 1 unspecified atom stereocenters. The van der Waals surface area contributed by atoms with Crippen LogP contribution in [-0.4, -0.2) is 48.1 Å². The van der Waals surface area contributed by atoms with Gasteiger partial charge in [-0.05, 0) is 24.1 Å². The summed E-state index contributed by atoms with van der Waals surface area (Å²) < 4.78 is 8.04. The quantitative estimate of drug-likeness (QED) is 0.800. The average molecular weight is 272 g/mol. The van der Waals surface area contributed by atoms with Crippen LogP contribution in [-0.2, 0) is 11.3 Å². The topological polar surface area (TPSA) is 34.5 Å². The lowest BCUT2D eigenvalue weighted by atomic mass is 10.2. The van der Waals surface area contributed by atoms with E-state index in [1.54, 1.807) is 0 Å². The number of morpholine rings is 1. The second kappa shape index (κ2) is 5.77. The Labute approximate surface area is 118 Å². The summed E-state index contributed by atoms with van der Waals surface area (Å²) in [6.45, 7) is 6.89. The fraction of sp³-hybridized carbons (Fsp3) is 0.438. The van der Waals surface area contributed by atoms with Crippen molar-refractivity contribution < 1.29 is 9.53 Å². The highest BCUT2D eigenvalue weighted by Gasteiger charge is 2.20. The van der Waals surface area contributed by atoms with Crippen LogP contribution >= 0.6 is 0 Å². The van der Waals surface area contributed by atoms with Crippen molar-refractivity contribution in [3.8, 4) is 0 Å². The van der Waals surface area contributed by atoms with Gasteiger partial charge in [0.05, 0.1) is 19.3 Å². The molecule has 0 amide bonds. The van der Waals surface area contributed by atoms with Gasteiger partial charge in [0.2, 0.25) is 0 Å². The van der Waals surface area contributed by atoms with Gasteiger partial charge in [0.1, 0.15) is 6.29 Å². The fourth-order valence-electron chi connectivity index (χ4n) is 2.83. The summed E-state index contributed by atoms with van der Waals surface area (Å²) in [4.78, 5) is 13.3. The van der Waals surface area contributed by atoms with Crippen molar-refractivity contribution >= 4 is 17.2 Å². The summed E-state index contributed by atoms with van der Waals surface area (Å²) in [5.41, 5.74) is 1.82. The summed E-state index contributed by atoms with van der Waals surface area (Å²) >= 11 is 0. The third-order valence-corrected chi connectivity index (χ3v) is 4.00. The molecule has 0 aliphatic carbocycles. The molecule has 0 N–H and O–H groups in total. The molecule has 0 spiro atoms. The summed E-state index contributed by atoms with van der Waals surface area (Å²) in [5, 5.41) is 1.17. The number of hydrogen-bond donors (Lipinski definition) is 0. The van der Waals surface area contributed by atoms with Gasteiger partial charge in [0, 0.05) is 30.4 Å². The minimum absolute atomic E-state index is 0.221. The number of carbonyl (C=O) groups is 1. The Morgan fingerprint density at radius 2 is 2.30 bits per heavy atom. The van der Waals surface area contributed by atoms with Crippen molar-refractivity contribution in [3.63, 3.8) is 0 Å². The number of rotatable bonds is 4. The molecule has 3 rings (SSSR count). The number of hydrogen-bond acceptors (Lipinski definition) is 3. The van der Waals surface area contributed by atoms with E-state index < -0.39 is 0 Å². The highest BCUT2D eigenvalue weighted by Crippen LogP contribution is 2.19. The lowest BCUT2D eigenvalue weighted by Gasteiger charge is -2.32.